The highest BCUT2D eigenvalue weighted by atomic mass is 35.5. The molecule has 2 aromatic carbocycles. The van der Waals surface area contributed by atoms with E-state index in [1.165, 1.54) is 11.3 Å². The third-order valence-electron chi connectivity index (χ3n) is 5.99. The first kappa shape index (κ1) is 26.6. The van der Waals surface area contributed by atoms with Crippen LogP contribution in [0.3, 0.4) is 0 Å². The first-order valence-corrected chi connectivity index (χ1v) is 13.3. The topological polar surface area (TPSA) is 89.9 Å². The number of nitrogens with one attached hydrogen (secondary N) is 1. The van der Waals surface area contributed by atoms with Gasteiger partial charge in [-0.05, 0) is 57.5 Å². The summed E-state index contributed by atoms with van der Waals surface area (Å²) in [4.78, 5) is 35.3. The van der Waals surface area contributed by atoms with Gasteiger partial charge < -0.3 is 14.8 Å². The minimum atomic E-state index is -0.743. The molecule has 0 amide bonds. The Morgan fingerprint density at radius 3 is 2.54 bits per heavy atom. The number of thiazole rings is 1. The van der Waals surface area contributed by atoms with Gasteiger partial charge in [0, 0.05) is 39.0 Å². The van der Waals surface area contributed by atoms with Crippen LogP contribution in [-0.2, 0) is 19.1 Å². The quantitative estimate of drug-likeness (QED) is 0.318. The van der Waals surface area contributed by atoms with E-state index in [4.69, 9.17) is 26.1 Å². The molecule has 7 nitrogen and oxygen atoms in total. The van der Waals surface area contributed by atoms with Gasteiger partial charge in [-0.3, -0.25) is 9.79 Å². The van der Waals surface area contributed by atoms with Gasteiger partial charge in [-0.25, -0.2) is 9.78 Å². The maximum Gasteiger partial charge on any atom is 0.336 e. The van der Waals surface area contributed by atoms with E-state index >= 15 is 0 Å². The minimum absolute atomic E-state index is 0.218. The van der Waals surface area contributed by atoms with E-state index in [0.717, 1.165) is 22.5 Å². The number of anilines is 2. The standard InChI is InChI=1S/C28H28ClN3O4S/c1-5-35-26(33)23-16(3)30-17(4)24(27(34)36-6-2)25(23)19-10-8-12-21(14-19)31-28-32-22(15-37-28)18-9-7-11-20(29)13-18/h7-15,23,25H,5-6H2,1-4H3,(H,31,32). The van der Waals surface area contributed by atoms with Crippen LogP contribution in [0.2, 0.25) is 5.02 Å². The van der Waals surface area contributed by atoms with Crippen molar-refractivity contribution in [2.75, 3.05) is 18.5 Å². The molecule has 0 radical (unpaired) electrons. The number of carbonyl (C=O) groups excluding carboxylic acids is 2. The normalized spacial score (nSPS) is 17.3. The van der Waals surface area contributed by atoms with Crippen LogP contribution in [0.5, 0.6) is 0 Å². The number of carbonyl (C=O) groups is 2. The van der Waals surface area contributed by atoms with E-state index in [9.17, 15) is 9.59 Å². The first-order chi connectivity index (χ1) is 17.8. The Hall–Kier alpha value is -3.49. The molecule has 0 fully saturated rings. The van der Waals surface area contributed by atoms with Crippen LogP contribution in [0.15, 0.2) is 70.2 Å². The molecule has 0 spiro atoms. The van der Waals surface area contributed by atoms with Crippen molar-refractivity contribution in [3.05, 3.63) is 75.8 Å². The molecule has 4 rings (SSSR count). The van der Waals surface area contributed by atoms with Crippen molar-refractivity contribution in [2.24, 2.45) is 10.9 Å². The van der Waals surface area contributed by atoms with Gasteiger partial charge >= 0.3 is 11.9 Å². The van der Waals surface area contributed by atoms with Crippen LogP contribution < -0.4 is 5.32 Å². The SMILES string of the molecule is CCOC(=O)C1=C(C)N=C(C)C(C(=O)OCC)C1c1cccc(Nc2nc(-c3cccc(Cl)c3)cs2)c1. The van der Waals surface area contributed by atoms with Crippen LogP contribution in [0.1, 0.15) is 39.2 Å². The molecule has 2 heterocycles. The number of hydrogen-bond donors (Lipinski definition) is 1. The van der Waals surface area contributed by atoms with Gasteiger partial charge in [0.2, 0.25) is 0 Å². The van der Waals surface area contributed by atoms with Gasteiger partial charge in [-0.15, -0.1) is 11.3 Å². The highest BCUT2D eigenvalue weighted by Gasteiger charge is 2.42. The van der Waals surface area contributed by atoms with E-state index in [-0.39, 0.29) is 13.2 Å². The van der Waals surface area contributed by atoms with Gasteiger partial charge in [-0.2, -0.15) is 0 Å². The number of halogens is 1. The molecule has 1 N–H and O–H groups in total. The van der Waals surface area contributed by atoms with E-state index in [1.807, 2.05) is 53.9 Å². The first-order valence-electron chi connectivity index (χ1n) is 12.0. The summed E-state index contributed by atoms with van der Waals surface area (Å²) in [6.45, 7) is 7.50. The van der Waals surface area contributed by atoms with Crippen LogP contribution in [0, 0.1) is 5.92 Å². The predicted octanol–water partition coefficient (Wildman–Crippen LogP) is 6.78. The van der Waals surface area contributed by atoms with Crippen LogP contribution in [0.25, 0.3) is 11.3 Å². The maximum absolute atomic E-state index is 13.1. The minimum Gasteiger partial charge on any atom is -0.465 e. The number of aliphatic imine (C=N–C) groups is 1. The van der Waals surface area contributed by atoms with E-state index in [0.29, 0.717) is 27.1 Å². The van der Waals surface area contributed by atoms with Crippen LogP contribution in [-0.4, -0.2) is 35.8 Å². The smallest absolute Gasteiger partial charge is 0.336 e. The van der Waals surface area contributed by atoms with Gasteiger partial charge in [0.15, 0.2) is 5.13 Å². The predicted molar refractivity (Wildman–Crippen MR) is 148 cm³/mol. The number of ether oxygens (including phenoxy) is 2. The second-order valence-corrected chi connectivity index (χ2v) is 9.77. The summed E-state index contributed by atoms with van der Waals surface area (Å²) in [7, 11) is 0. The third-order valence-corrected chi connectivity index (χ3v) is 6.98. The Morgan fingerprint density at radius 1 is 1.05 bits per heavy atom. The molecule has 1 aromatic heterocycles. The molecule has 3 aromatic rings. The molecule has 1 aliphatic heterocycles. The summed E-state index contributed by atoms with van der Waals surface area (Å²) in [5.41, 5.74) is 4.78. The Labute approximate surface area is 225 Å². The number of nitrogens with zero attached hydrogens (tertiary/aromatic N) is 2. The van der Waals surface area contributed by atoms with Crippen LogP contribution >= 0.6 is 22.9 Å². The van der Waals surface area contributed by atoms with Gasteiger partial charge in [0.1, 0.15) is 5.92 Å². The van der Waals surface area contributed by atoms with Crippen molar-refractivity contribution in [3.63, 3.8) is 0 Å². The largest absolute Gasteiger partial charge is 0.465 e. The lowest BCUT2D eigenvalue weighted by Crippen LogP contribution is -2.36. The van der Waals surface area contributed by atoms with Crippen molar-refractivity contribution in [2.45, 2.75) is 33.6 Å². The lowest BCUT2D eigenvalue weighted by molar-refractivity contribution is -0.146. The average Bonchev–Trinajstić information content (AvgIpc) is 3.32. The van der Waals surface area contributed by atoms with E-state index in [1.54, 1.807) is 27.7 Å². The highest BCUT2D eigenvalue weighted by Crippen LogP contribution is 2.41. The van der Waals surface area contributed by atoms with Crippen molar-refractivity contribution in [3.8, 4) is 11.3 Å². The third kappa shape index (κ3) is 5.92. The summed E-state index contributed by atoms with van der Waals surface area (Å²) < 4.78 is 10.7. The van der Waals surface area contributed by atoms with Gasteiger partial charge in [-0.1, -0.05) is 35.9 Å². The summed E-state index contributed by atoms with van der Waals surface area (Å²) in [5, 5.41) is 6.65. The maximum atomic E-state index is 13.1. The Kier molecular flexibility index (Phi) is 8.41. The number of allylic oxidation sites excluding steroid dienone is 1. The number of rotatable bonds is 8. The van der Waals surface area contributed by atoms with E-state index in [2.05, 4.69) is 10.3 Å². The Morgan fingerprint density at radius 2 is 1.81 bits per heavy atom. The number of hydrogen-bond acceptors (Lipinski definition) is 8. The van der Waals surface area contributed by atoms with Gasteiger partial charge in [0.05, 0.1) is 24.5 Å². The summed E-state index contributed by atoms with van der Waals surface area (Å²) in [5.74, 6) is -2.25. The highest BCUT2D eigenvalue weighted by molar-refractivity contribution is 7.14. The molecule has 2 unspecified atom stereocenters. The van der Waals surface area contributed by atoms with Crippen molar-refractivity contribution in [1.82, 2.24) is 4.98 Å². The number of aromatic nitrogens is 1. The molecule has 192 valence electrons. The second kappa shape index (κ2) is 11.7. The van der Waals surface area contributed by atoms with Gasteiger partial charge in [0.25, 0.3) is 0 Å². The molecule has 9 heteroatoms. The summed E-state index contributed by atoms with van der Waals surface area (Å²) >= 11 is 7.60. The van der Waals surface area contributed by atoms with Crippen molar-refractivity contribution >= 4 is 51.4 Å². The van der Waals surface area contributed by atoms with E-state index < -0.39 is 23.8 Å². The molecule has 0 bridgehead atoms. The second-order valence-electron chi connectivity index (χ2n) is 8.48. The van der Waals surface area contributed by atoms with Crippen molar-refractivity contribution < 1.29 is 19.1 Å². The molecule has 37 heavy (non-hydrogen) atoms. The zero-order valence-electron chi connectivity index (χ0n) is 21.1. The molecule has 0 saturated carbocycles. The molecular weight excluding hydrogens is 510 g/mol. The monoisotopic (exact) mass is 537 g/mol. The fourth-order valence-corrected chi connectivity index (χ4v) is 5.38. The molecule has 1 aliphatic rings. The average molecular weight is 538 g/mol. The molecule has 2 atom stereocenters. The molecular formula is C28H28ClN3O4S. The fraction of sp³-hybridized carbons (Fsp3) is 0.286. The molecule has 0 saturated heterocycles. The zero-order valence-corrected chi connectivity index (χ0v) is 22.7. The zero-order chi connectivity index (χ0) is 26.5. The lowest BCUT2D eigenvalue weighted by Gasteiger charge is -2.31. The number of esters is 2. The Balaban J connectivity index is 1.69. The lowest BCUT2D eigenvalue weighted by atomic mass is 9.75. The van der Waals surface area contributed by atoms with Crippen molar-refractivity contribution in [1.29, 1.82) is 0 Å². The van der Waals surface area contributed by atoms with Crippen LogP contribution in [0.4, 0.5) is 10.8 Å². The summed E-state index contributed by atoms with van der Waals surface area (Å²) in [6, 6.07) is 15.1. The fourth-order valence-electron chi connectivity index (χ4n) is 4.45. The Bertz CT molecular complexity index is 1380. The summed E-state index contributed by atoms with van der Waals surface area (Å²) in [6.07, 6.45) is 0. The molecule has 0 aliphatic carbocycles. The number of benzene rings is 2.